The summed E-state index contributed by atoms with van der Waals surface area (Å²) in [6.45, 7) is 4.43. The van der Waals surface area contributed by atoms with Gasteiger partial charge in [-0.05, 0) is 29.0 Å². The molecular weight excluding hydrogens is 212 g/mol. The highest BCUT2D eigenvalue weighted by atomic mass is 35.5. The zero-order valence-electron chi connectivity index (χ0n) is 9.24. The van der Waals surface area contributed by atoms with Crippen LogP contribution in [0.1, 0.15) is 32.5 Å². The van der Waals surface area contributed by atoms with Crippen molar-refractivity contribution in [3.8, 4) is 0 Å². The lowest BCUT2D eigenvalue weighted by molar-refractivity contribution is 0.339. The molecule has 0 saturated heterocycles. The molecule has 0 amide bonds. The third kappa shape index (κ3) is 2.37. The van der Waals surface area contributed by atoms with E-state index in [2.05, 4.69) is 29.3 Å². The Morgan fingerprint density at radius 2 is 2.27 bits per heavy atom. The molecule has 15 heavy (non-hydrogen) atoms. The van der Waals surface area contributed by atoms with Gasteiger partial charge in [-0.25, -0.2) is 0 Å². The molecule has 0 bridgehead atoms. The summed E-state index contributed by atoms with van der Waals surface area (Å²) in [6, 6.07) is 0. The largest absolute Gasteiger partial charge is 0.200 e. The SMILES string of the molecule is Cn1nnc(C2=CC(Cl)CC(C)(C)C2)n1. The lowest BCUT2D eigenvalue weighted by Gasteiger charge is -2.31. The first-order valence-electron chi connectivity index (χ1n) is 5.05. The number of aromatic nitrogens is 4. The fourth-order valence-electron chi connectivity index (χ4n) is 2.02. The number of hydrogen-bond acceptors (Lipinski definition) is 3. The highest BCUT2D eigenvalue weighted by molar-refractivity contribution is 6.22. The molecule has 1 aliphatic rings. The summed E-state index contributed by atoms with van der Waals surface area (Å²) >= 11 is 6.19. The van der Waals surface area contributed by atoms with Crippen molar-refractivity contribution in [1.82, 2.24) is 20.2 Å². The Kier molecular flexibility index (Phi) is 2.54. The van der Waals surface area contributed by atoms with Crippen LogP contribution in [0.25, 0.3) is 5.57 Å². The van der Waals surface area contributed by atoms with Crippen LogP contribution in [0.4, 0.5) is 0 Å². The summed E-state index contributed by atoms with van der Waals surface area (Å²) in [6.07, 6.45) is 4.00. The summed E-state index contributed by atoms with van der Waals surface area (Å²) in [7, 11) is 1.77. The molecular formula is C10H15ClN4. The van der Waals surface area contributed by atoms with Crippen LogP contribution in [-0.2, 0) is 7.05 Å². The molecule has 1 aromatic heterocycles. The predicted octanol–water partition coefficient (Wildman–Crippen LogP) is 2.02. The van der Waals surface area contributed by atoms with Gasteiger partial charge in [0.2, 0.25) is 5.82 Å². The van der Waals surface area contributed by atoms with Crippen molar-refractivity contribution in [2.45, 2.75) is 32.1 Å². The van der Waals surface area contributed by atoms with Gasteiger partial charge >= 0.3 is 0 Å². The maximum atomic E-state index is 6.19. The molecule has 82 valence electrons. The third-order valence-electron chi connectivity index (χ3n) is 2.59. The number of alkyl halides is 1. The van der Waals surface area contributed by atoms with Gasteiger partial charge in [0.05, 0.1) is 12.4 Å². The average Bonchev–Trinajstić information content (AvgIpc) is 2.48. The molecule has 0 aliphatic heterocycles. The summed E-state index contributed by atoms with van der Waals surface area (Å²) in [4.78, 5) is 1.47. The third-order valence-corrected chi connectivity index (χ3v) is 2.87. The second-order valence-electron chi connectivity index (χ2n) is 4.86. The molecule has 0 fully saturated rings. The number of aryl methyl sites for hydroxylation is 1. The van der Waals surface area contributed by atoms with Gasteiger partial charge in [-0.2, -0.15) is 4.80 Å². The molecule has 1 aliphatic carbocycles. The molecule has 1 aromatic rings. The van der Waals surface area contributed by atoms with Gasteiger partial charge in [0, 0.05) is 0 Å². The number of hydrogen-bond donors (Lipinski definition) is 0. The van der Waals surface area contributed by atoms with E-state index in [-0.39, 0.29) is 10.8 Å². The summed E-state index contributed by atoms with van der Waals surface area (Å²) in [5.74, 6) is 0.705. The van der Waals surface area contributed by atoms with Crippen LogP contribution in [0.15, 0.2) is 6.08 Å². The van der Waals surface area contributed by atoms with Crippen molar-refractivity contribution < 1.29 is 0 Å². The van der Waals surface area contributed by atoms with E-state index >= 15 is 0 Å². The minimum atomic E-state index is 0.0764. The molecule has 0 radical (unpaired) electrons. The molecule has 2 rings (SSSR count). The van der Waals surface area contributed by atoms with Crippen molar-refractivity contribution in [2.24, 2.45) is 12.5 Å². The minimum absolute atomic E-state index is 0.0764. The van der Waals surface area contributed by atoms with Crippen molar-refractivity contribution in [1.29, 1.82) is 0 Å². The Morgan fingerprint density at radius 3 is 2.80 bits per heavy atom. The van der Waals surface area contributed by atoms with Crippen LogP contribution >= 0.6 is 11.6 Å². The molecule has 1 unspecified atom stereocenters. The van der Waals surface area contributed by atoms with Gasteiger partial charge in [0.15, 0.2) is 0 Å². The van der Waals surface area contributed by atoms with E-state index in [1.165, 1.54) is 4.80 Å². The highest BCUT2D eigenvalue weighted by Gasteiger charge is 2.29. The molecule has 5 heteroatoms. The zero-order chi connectivity index (χ0) is 11.1. The van der Waals surface area contributed by atoms with Gasteiger partial charge in [-0.1, -0.05) is 19.9 Å². The Morgan fingerprint density at radius 1 is 1.53 bits per heavy atom. The fraction of sp³-hybridized carbons (Fsp3) is 0.700. The van der Waals surface area contributed by atoms with Gasteiger partial charge in [0.1, 0.15) is 0 Å². The van der Waals surface area contributed by atoms with Crippen molar-refractivity contribution >= 4 is 17.2 Å². The summed E-state index contributed by atoms with van der Waals surface area (Å²) in [5, 5.41) is 12.1. The quantitative estimate of drug-likeness (QED) is 0.689. The molecule has 4 nitrogen and oxygen atoms in total. The Balaban J connectivity index is 2.29. The second-order valence-corrected chi connectivity index (χ2v) is 5.42. The molecule has 0 N–H and O–H groups in total. The Hall–Kier alpha value is -0.900. The molecule has 0 spiro atoms. The van der Waals surface area contributed by atoms with Gasteiger partial charge < -0.3 is 0 Å². The predicted molar refractivity (Wildman–Crippen MR) is 59.4 cm³/mol. The lowest BCUT2D eigenvalue weighted by Crippen LogP contribution is -2.22. The minimum Gasteiger partial charge on any atom is -0.167 e. The van der Waals surface area contributed by atoms with E-state index in [1.54, 1.807) is 7.05 Å². The van der Waals surface area contributed by atoms with Crippen molar-refractivity contribution in [3.05, 3.63) is 11.9 Å². The van der Waals surface area contributed by atoms with Crippen LogP contribution in [0, 0.1) is 5.41 Å². The molecule has 0 aromatic carbocycles. The van der Waals surface area contributed by atoms with E-state index in [0.29, 0.717) is 5.82 Å². The molecule has 0 saturated carbocycles. The fourth-order valence-corrected chi connectivity index (χ4v) is 2.59. The van der Waals surface area contributed by atoms with E-state index < -0.39 is 0 Å². The standard InChI is InChI=1S/C10H15ClN4/c1-10(2)5-7(4-8(11)6-10)9-12-14-15(3)13-9/h4,8H,5-6H2,1-3H3. The number of nitrogens with zero attached hydrogens (tertiary/aromatic N) is 4. The normalized spacial score (nSPS) is 25.1. The number of rotatable bonds is 1. The van der Waals surface area contributed by atoms with Gasteiger partial charge in [-0.15, -0.1) is 21.8 Å². The van der Waals surface area contributed by atoms with Crippen molar-refractivity contribution in [2.75, 3.05) is 0 Å². The number of allylic oxidation sites excluding steroid dienone is 2. The second kappa shape index (κ2) is 3.59. The molecule has 1 atom stereocenters. The number of tetrazole rings is 1. The Labute approximate surface area is 94.3 Å². The number of halogens is 1. The smallest absolute Gasteiger partial charge is 0.167 e. The van der Waals surface area contributed by atoms with E-state index in [0.717, 1.165) is 18.4 Å². The van der Waals surface area contributed by atoms with Crippen LogP contribution < -0.4 is 0 Å². The first-order chi connectivity index (χ1) is 6.96. The highest BCUT2D eigenvalue weighted by Crippen LogP contribution is 2.40. The van der Waals surface area contributed by atoms with Gasteiger partial charge in [0.25, 0.3) is 0 Å². The van der Waals surface area contributed by atoms with E-state index in [4.69, 9.17) is 11.6 Å². The van der Waals surface area contributed by atoms with Crippen LogP contribution in [-0.4, -0.2) is 25.6 Å². The van der Waals surface area contributed by atoms with Crippen molar-refractivity contribution in [3.63, 3.8) is 0 Å². The monoisotopic (exact) mass is 226 g/mol. The summed E-state index contributed by atoms with van der Waals surface area (Å²) in [5.41, 5.74) is 1.33. The van der Waals surface area contributed by atoms with E-state index in [9.17, 15) is 0 Å². The first-order valence-corrected chi connectivity index (χ1v) is 5.49. The maximum absolute atomic E-state index is 6.19. The maximum Gasteiger partial charge on any atom is 0.200 e. The van der Waals surface area contributed by atoms with Crippen LogP contribution in [0.3, 0.4) is 0 Å². The van der Waals surface area contributed by atoms with E-state index in [1.807, 2.05) is 6.08 Å². The van der Waals surface area contributed by atoms with Gasteiger partial charge in [-0.3, -0.25) is 0 Å². The first kappa shape index (κ1) is 10.6. The molecule has 1 heterocycles. The Bertz CT molecular complexity index is 394. The zero-order valence-corrected chi connectivity index (χ0v) is 9.99. The van der Waals surface area contributed by atoms with Crippen LogP contribution in [0.2, 0.25) is 0 Å². The lowest BCUT2D eigenvalue weighted by atomic mass is 9.77. The average molecular weight is 227 g/mol. The summed E-state index contributed by atoms with van der Waals surface area (Å²) < 4.78 is 0. The topological polar surface area (TPSA) is 43.6 Å². The van der Waals surface area contributed by atoms with Crippen LogP contribution in [0.5, 0.6) is 0 Å².